The van der Waals surface area contributed by atoms with Gasteiger partial charge < -0.3 is 5.32 Å². The zero-order chi connectivity index (χ0) is 11.5. The van der Waals surface area contributed by atoms with Gasteiger partial charge in [0.2, 0.25) is 5.69 Å². The summed E-state index contributed by atoms with van der Waals surface area (Å²) in [5, 5.41) is 2.79. The number of amides is 1. The first-order chi connectivity index (χ1) is 6.92. The van der Waals surface area contributed by atoms with Gasteiger partial charge in [-0.05, 0) is 26.8 Å². The van der Waals surface area contributed by atoms with Gasteiger partial charge in [-0.1, -0.05) is 6.07 Å². The van der Waals surface area contributed by atoms with E-state index < -0.39 is 0 Å². The molecule has 4 nitrogen and oxygen atoms in total. The molecule has 0 aliphatic heterocycles. The summed E-state index contributed by atoms with van der Waals surface area (Å²) in [7, 11) is 0. The van der Waals surface area contributed by atoms with Gasteiger partial charge in [0.1, 0.15) is 5.69 Å². The molecule has 0 fully saturated rings. The minimum absolute atomic E-state index is 0.223. The molecule has 1 heterocycles. The SMILES string of the molecule is [C-]#[N+]c1ccc(C(=O)NC(C)(C)C)nc1. The maximum absolute atomic E-state index is 11.6. The Hall–Kier alpha value is -1.89. The van der Waals surface area contributed by atoms with Gasteiger partial charge in [0.25, 0.3) is 5.91 Å². The van der Waals surface area contributed by atoms with Crippen LogP contribution in [0.25, 0.3) is 4.85 Å². The quantitative estimate of drug-likeness (QED) is 0.711. The second kappa shape index (κ2) is 4.09. The summed E-state index contributed by atoms with van der Waals surface area (Å²) >= 11 is 0. The highest BCUT2D eigenvalue weighted by Crippen LogP contribution is 2.10. The molecule has 0 aromatic carbocycles. The average molecular weight is 203 g/mol. The van der Waals surface area contributed by atoms with E-state index in [0.29, 0.717) is 11.4 Å². The molecule has 1 aromatic heterocycles. The van der Waals surface area contributed by atoms with Crippen molar-refractivity contribution in [1.82, 2.24) is 10.3 Å². The largest absolute Gasteiger partial charge is 0.346 e. The third-order valence-corrected chi connectivity index (χ3v) is 1.60. The van der Waals surface area contributed by atoms with E-state index in [1.165, 1.54) is 6.20 Å². The lowest BCUT2D eigenvalue weighted by Gasteiger charge is -2.19. The second-order valence-electron chi connectivity index (χ2n) is 4.22. The van der Waals surface area contributed by atoms with Crippen LogP contribution < -0.4 is 5.32 Å². The fourth-order valence-corrected chi connectivity index (χ4v) is 0.991. The van der Waals surface area contributed by atoms with Crippen molar-refractivity contribution in [2.24, 2.45) is 0 Å². The molecule has 0 radical (unpaired) electrons. The number of rotatable bonds is 1. The molecule has 0 atom stereocenters. The molecule has 1 rings (SSSR count). The van der Waals surface area contributed by atoms with E-state index in [4.69, 9.17) is 6.57 Å². The molecule has 0 spiro atoms. The molecular formula is C11H13N3O. The van der Waals surface area contributed by atoms with Crippen LogP contribution in [0.4, 0.5) is 5.69 Å². The number of nitrogens with one attached hydrogen (secondary N) is 1. The molecule has 78 valence electrons. The molecule has 1 amide bonds. The van der Waals surface area contributed by atoms with Crippen molar-refractivity contribution in [3.05, 3.63) is 35.4 Å². The maximum atomic E-state index is 11.6. The third kappa shape index (κ3) is 3.39. The van der Waals surface area contributed by atoms with E-state index in [9.17, 15) is 4.79 Å². The molecule has 0 bridgehead atoms. The van der Waals surface area contributed by atoms with Crippen molar-refractivity contribution in [3.63, 3.8) is 0 Å². The minimum Gasteiger partial charge on any atom is -0.346 e. The van der Waals surface area contributed by atoms with E-state index >= 15 is 0 Å². The summed E-state index contributed by atoms with van der Waals surface area (Å²) in [6.45, 7) is 12.5. The molecule has 0 saturated heterocycles. The Balaban J connectivity index is 2.80. The van der Waals surface area contributed by atoms with Crippen molar-refractivity contribution < 1.29 is 4.79 Å². The van der Waals surface area contributed by atoms with Crippen LogP contribution in [0.15, 0.2) is 18.3 Å². The van der Waals surface area contributed by atoms with Gasteiger partial charge in [0.05, 0.1) is 6.57 Å². The molecule has 0 saturated carbocycles. The van der Waals surface area contributed by atoms with E-state index in [-0.39, 0.29) is 11.4 Å². The molecule has 1 aromatic rings. The first-order valence-electron chi connectivity index (χ1n) is 4.58. The van der Waals surface area contributed by atoms with Crippen molar-refractivity contribution >= 4 is 11.6 Å². The highest BCUT2D eigenvalue weighted by molar-refractivity contribution is 5.92. The topological polar surface area (TPSA) is 46.4 Å². The normalized spacial score (nSPS) is 10.5. The van der Waals surface area contributed by atoms with Crippen molar-refractivity contribution in [1.29, 1.82) is 0 Å². The Kier molecular flexibility index (Phi) is 3.05. The molecule has 15 heavy (non-hydrogen) atoms. The maximum Gasteiger partial charge on any atom is 0.270 e. The van der Waals surface area contributed by atoms with Gasteiger partial charge in [-0.15, -0.1) is 0 Å². The fourth-order valence-electron chi connectivity index (χ4n) is 0.991. The fraction of sp³-hybridized carbons (Fsp3) is 0.364. The highest BCUT2D eigenvalue weighted by Gasteiger charge is 2.15. The van der Waals surface area contributed by atoms with Crippen LogP contribution in [-0.2, 0) is 0 Å². The lowest BCUT2D eigenvalue weighted by molar-refractivity contribution is 0.0914. The smallest absolute Gasteiger partial charge is 0.270 e. The second-order valence-corrected chi connectivity index (χ2v) is 4.22. The lowest BCUT2D eigenvalue weighted by Crippen LogP contribution is -2.40. The van der Waals surface area contributed by atoms with E-state index in [0.717, 1.165) is 0 Å². The Morgan fingerprint density at radius 3 is 2.53 bits per heavy atom. The van der Waals surface area contributed by atoms with Crippen molar-refractivity contribution in [2.75, 3.05) is 0 Å². The third-order valence-electron chi connectivity index (χ3n) is 1.60. The number of nitrogens with zero attached hydrogens (tertiary/aromatic N) is 2. The Bertz CT molecular complexity index is 395. The van der Waals surface area contributed by atoms with E-state index in [2.05, 4.69) is 15.1 Å². The zero-order valence-corrected chi connectivity index (χ0v) is 9.03. The summed E-state index contributed by atoms with van der Waals surface area (Å²) in [6.07, 6.45) is 1.39. The minimum atomic E-state index is -0.281. The molecule has 0 unspecified atom stereocenters. The molecule has 4 heteroatoms. The van der Waals surface area contributed by atoms with Crippen LogP contribution in [0, 0.1) is 6.57 Å². The molecular weight excluding hydrogens is 190 g/mol. The average Bonchev–Trinajstić information content (AvgIpc) is 2.15. The number of pyridine rings is 1. The molecule has 0 aliphatic rings. The van der Waals surface area contributed by atoms with Gasteiger partial charge in [-0.2, -0.15) is 0 Å². The standard InChI is InChI=1S/C11H13N3O/c1-11(2,3)14-10(15)9-6-5-8(12-4)7-13-9/h5-7H,1-3H3,(H,14,15). The van der Waals surface area contributed by atoms with Crippen LogP contribution >= 0.6 is 0 Å². The van der Waals surface area contributed by atoms with Crippen LogP contribution in [-0.4, -0.2) is 16.4 Å². The highest BCUT2D eigenvalue weighted by atomic mass is 16.2. The van der Waals surface area contributed by atoms with E-state index in [1.54, 1.807) is 12.1 Å². The summed E-state index contributed by atoms with van der Waals surface area (Å²) in [4.78, 5) is 18.7. The first kappa shape index (κ1) is 11.2. The Morgan fingerprint density at radius 2 is 2.13 bits per heavy atom. The van der Waals surface area contributed by atoms with Crippen molar-refractivity contribution in [3.8, 4) is 0 Å². The number of carbonyl (C=O) groups excluding carboxylic acids is 1. The number of aromatic nitrogens is 1. The monoisotopic (exact) mass is 203 g/mol. The van der Waals surface area contributed by atoms with Crippen LogP contribution in [0.1, 0.15) is 31.3 Å². The first-order valence-corrected chi connectivity index (χ1v) is 4.58. The van der Waals surface area contributed by atoms with Gasteiger partial charge in [0, 0.05) is 11.7 Å². The van der Waals surface area contributed by atoms with Gasteiger partial charge in [0.15, 0.2) is 0 Å². The molecule has 0 aliphatic carbocycles. The van der Waals surface area contributed by atoms with Crippen LogP contribution in [0.2, 0.25) is 0 Å². The zero-order valence-electron chi connectivity index (χ0n) is 9.03. The summed E-state index contributed by atoms with van der Waals surface area (Å²) in [5.74, 6) is -0.223. The van der Waals surface area contributed by atoms with Gasteiger partial charge >= 0.3 is 0 Å². The Morgan fingerprint density at radius 1 is 1.47 bits per heavy atom. The van der Waals surface area contributed by atoms with Crippen molar-refractivity contribution in [2.45, 2.75) is 26.3 Å². The predicted molar refractivity (Wildman–Crippen MR) is 57.7 cm³/mol. The Labute approximate surface area is 89.2 Å². The van der Waals surface area contributed by atoms with E-state index in [1.807, 2.05) is 20.8 Å². The lowest BCUT2D eigenvalue weighted by atomic mass is 10.1. The number of hydrogen-bond donors (Lipinski definition) is 1. The summed E-state index contributed by atoms with van der Waals surface area (Å²) in [5.41, 5.74) is 0.483. The predicted octanol–water partition coefficient (Wildman–Crippen LogP) is 2.16. The molecule has 1 N–H and O–H groups in total. The summed E-state index contributed by atoms with van der Waals surface area (Å²) < 4.78 is 0. The summed E-state index contributed by atoms with van der Waals surface area (Å²) in [6, 6.07) is 3.13. The van der Waals surface area contributed by atoms with Crippen LogP contribution in [0.5, 0.6) is 0 Å². The van der Waals surface area contributed by atoms with Crippen LogP contribution in [0.3, 0.4) is 0 Å². The van der Waals surface area contributed by atoms with Gasteiger partial charge in [-0.25, -0.2) is 4.85 Å². The van der Waals surface area contributed by atoms with Gasteiger partial charge in [-0.3, -0.25) is 9.78 Å². The number of carbonyl (C=O) groups is 1. The number of hydrogen-bond acceptors (Lipinski definition) is 2.